The van der Waals surface area contributed by atoms with Gasteiger partial charge in [-0.3, -0.25) is 0 Å². The molecule has 0 aliphatic rings. The van der Waals surface area contributed by atoms with Crippen LogP contribution in [0.5, 0.6) is 0 Å². The van der Waals surface area contributed by atoms with Crippen molar-refractivity contribution >= 4 is 26.0 Å². The highest BCUT2D eigenvalue weighted by atomic mass is 32.2. The van der Waals surface area contributed by atoms with E-state index >= 15 is 0 Å². The van der Waals surface area contributed by atoms with Gasteiger partial charge in [0.25, 0.3) is 0 Å². The van der Waals surface area contributed by atoms with Crippen molar-refractivity contribution in [3.63, 3.8) is 0 Å². The second kappa shape index (κ2) is 20.8. The van der Waals surface area contributed by atoms with Crippen LogP contribution >= 0.6 is 11.8 Å². The Hall–Kier alpha value is -1.04. The zero-order valence-corrected chi connectivity index (χ0v) is 30.2. The van der Waals surface area contributed by atoms with E-state index in [-0.39, 0.29) is 11.0 Å². The molecule has 3 nitrogen and oxygen atoms in total. The highest BCUT2D eigenvalue weighted by molar-refractivity contribution is 8.00. The molecular formula is C35H64O3SSi. The van der Waals surface area contributed by atoms with Crippen LogP contribution in [0.15, 0.2) is 46.6 Å². The van der Waals surface area contributed by atoms with E-state index in [9.17, 15) is 4.79 Å². The smallest absolute Gasteiger partial charge is 0.334 e. The second-order valence-electron chi connectivity index (χ2n) is 13.4. The minimum Gasteiger partial charge on any atom is -0.463 e. The average Bonchev–Trinajstić information content (AvgIpc) is 2.83. The Bertz CT molecular complexity index is 839. The van der Waals surface area contributed by atoms with E-state index in [0.717, 1.165) is 63.5 Å². The van der Waals surface area contributed by atoms with E-state index in [1.54, 1.807) is 11.8 Å². The van der Waals surface area contributed by atoms with Gasteiger partial charge in [-0.15, -0.1) is 0 Å². The number of esters is 1. The van der Waals surface area contributed by atoms with Gasteiger partial charge in [0.05, 0.1) is 6.61 Å². The summed E-state index contributed by atoms with van der Waals surface area (Å²) in [5, 5.41) is 0.691. The number of hydrogen-bond donors (Lipinski definition) is 0. The molecule has 0 heterocycles. The van der Waals surface area contributed by atoms with Crippen LogP contribution in [0.3, 0.4) is 0 Å². The number of ether oxygens (including phenoxy) is 1. The van der Waals surface area contributed by atoms with Gasteiger partial charge in [-0.05, 0) is 115 Å². The van der Waals surface area contributed by atoms with Crippen molar-refractivity contribution in [1.82, 2.24) is 0 Å². The maximum Gasteiger partial charge on any atom is 0.334 e. The van der Waals surface area contributed by atoms with Crippen LogP contribution in [0.2, 0.25) is 18.1 Å². The molecule has 5 heteroatoms. The zero-order chi connectivity index (χ0) is 30.8. The molecule has 0 rings (SSSR count). The summed E-state index contributed by atoms with van der Waals surface area (Å²) in [6.07, 6.45) is 18.0. The summed E-state index contributed by atoms with van der Waals surface area (Å²) in [5.74, 6) is 1.03. The first kappa shape index (κ1) is 39.0. The Labute approximate surface area is 254 Å². The summed E-state index contributed by atoms with van der Waals surface area (Å²) in [7, 11) is -1.81. The molecule has 0 unspecified atom stereocenters. The molecule has 0 saturated heterocycles. The lowest BCUT2D eigenvalue weighted by molar-refractivity contribution is -0.138. The summed E-state index contributed by atoms with van der Waals surface area (Å²) in [5.41, 5.74) is 5.19. The van der Waals surface area contributed by atoms with Crippen LogP contribution in [0.1, 0.15) is 121 Å². The number of rotatable bonds is 20. The fourth-order valence-corrected chi connectivity index (χ4v) is 5.77. The maximum absolute atomic E-state index is 12.5. The minimum absolute atomic E-state index is 0.162. The summed E-state index contributed by atoms with van der Waals surface area (Å²) in [4.78, 5) is 12.5. The molecule has 0 fully saturated rings. The van der Waals surface area contributed by atoms with Crippen molar-refractivity contribution in [2.24, 2.45) is 5.92 Å². The molecule has 0 saturated carbocycles. The quantitative estimate of drug-likeness (QED) is 0.0609. The van der Waals surface area contributed by atoms with Crippen LogP contribution in [0, 0.1) is 5.92 Å². The Morgan fingerprint density at radius 2 is 1.38 bits per heavy atom. The molecule has 0 aromatic heterocycles. The Kier molecular flexibility index (Phi) is 20.2. The molecule has 0 bridgehead atoms. The van der Waals surface area contributed by atoms with Gasteiger partial charge >= 0.3 is 5.97 Å². The molecule has 40 heavy (non-hydrogen) atoms. The highest BCUT2D eigenvalue weighted by Crippen LogP contribution is 2.37. The lowest BCUT2D eigenvalue weighted by atomic mass is 9.96. The average molecular weight is 593 g/mol. The summed E-state index contributed by atoms with van der Waals surface area (Å²) >= 11 is 1.80. The van der Waals surface area contributed by atoms with Gasteiger partial charge in [0.2, 0.25) is 0 Å². The predicted molar refractivity (Wildman–Crippen MR) is 183 cm³/mol. The molecular weight excluding hydrogens is 529 g/mol. The number of allylic oxidation sites excluding steroid dienone is 7. The van der Waals surface area contributed by atoms with Crippen LogP contribution in [-0.2, 0) is 14.0 Å². The van der Waals surface area contributed by atoms with E-state index in [0.29, 0.717) is 23.5 Å². The SMILES string of the molecule is CCOC(=O)/C(=C/CC[C@@H](CC/C=C(\C)CC/C=C(\C)CCC=C(C)C)CO[Si](C)(C)C(C)(C)C)CSC(C)C. The van der Waals surface area contributed by atoms with Crippen molar-refractivity contribution in [3.05, 3.63) is 46.6 Å². The fourth-order valence-electron chi connectivity index (χ4n) is 3.93. The van der Waals surface area contributed by atoms with Gasteiger partial charge in [-0.1, -0.05) is 75.6 Å². The van der Waals surface area contributed by atoms with Crippen molar-refractivity contribution in [1.29, 1.82) is 0 Å². The van der Waals surface area contributed by atoms with E-state index < -0.39 is 8.32 Å². The molecule has 0 aliphatic heterocycles. The van der Waals surface area contributed by atoms with Gasteiger partial charge in [-0.25, -0.2) is 4.79 Å². The summed E-state index contributed by atoms with van der Waals surface area (Å²) in [6, 6.07) is 0. The standard InChI is InChI=1S/C35H64O3SSi/c1-13-37-34(36)33(27-39-29(4)5)25-17-24-32(26-38-40(11,12)35(8,9)10)23-16-22-31(7)21-15-20-30(6)19-14-18-28(2)3/h18,20,22,25,29,32H,13-17,19,21,23-24,26-27H2,1-12H3/b30-20+,31-22+,33-25+/t32-/m1/s1. The number of hydrogen-bond acceptors (Lipinski definition) is 4. The molecule has 232 valence electrons. The summed E-state index contributed by atoms with van der Waals surface area (Å²) < 4.78 is 12.0. The number of carbonyl (C=O) groups is 1. The van der Waals surface area contributed by atoms with Crippen molar-refractivity contribution < 1.29 is 14.0 Å². The molecule has 1 atom stereocenters. The van der Waals surface area contributed by atoms with E-state index in [4.69, 9.17) is 9.16 Å². The van der Waals surface area contributed by atoms with Gasteiger partial charge in [-0.2, -0.15) is 11.8 Å². The largest absolute Gasteiger partial charge is 0.463 e. The number of carbonyl (C=O) groups excluding carboxylic acids is 1. The van der Waals surface area contributed by atoms with Crippen molar-refractivity contribution in [3.8, 4) is 0 Å². The monoisotopic (exact) mass is 592 g/mol. The van der Waals surface area contributed by atoms with E-state index in [1.165, 1.54) is 16.7 Å². The highest BCUT2D eigenvalue weighted by Gasteiger charge is 2.37. The zero-order valence-electron chi connectivity index (χ0n) is 28.4. The number of thioether (sulfide) groups is 1. The normalized spacial score (nSPS) is 14.5. The van der Waals surface area contributed by atoms with Gasteiger partial charge < -0.3 is 9.16 Å². The molecule has 0 N–H and O–H groups in total. The third-order valence-corrected chi connectivity index (χ3v) is 13.4. The Morgan fingerprint density at radius 1 is 0.850 bits per heavy atom. The van der Waals surface area contributed by atoms with Crippen LogP contribution in [-0.4, -0.2) is 38.5 Å². The molecule has 0 aromatic rings. The van der Waals surface area contributed by atoms with Crippen LogP contribution in [0.4, 0.5) is 0 Å². The Morgan fingerprint density at radius 3 is 1.88 bits per heavy atom. The predicted octanol–water partition coefficient (Wildman–Crippen LogP) is 11.2. The lowest BCUT2D eigenvalue weighted by Crippen LogP contribution is -2.42. The topological polar surface area (TPSA) is 35.5 Å². The first-order valence-electron chi connectivity index (χ1n) is 15.6. The third kappa shape index (κ3) is 19.1. The molecule has 0 radical (unpaired) electrons. The van der Waals surface area contributed by atoms with E-state index in [2.05, 4.69) is 99.7 Å². The van der Waals surface area contributed by atoms with Crippen molar-refractivity contribution in [2.75, 3.05) is 19.0 Å². The first-order valence-corrected chi connectivity index (χ1v) is 19.6. The fraction of sp³-hybridized carbons (Fsp3) is 0.743. The van der Waals surface area contributed by atoms with E-state index in [1.807, 2.05) is 6.92 Å². The molecule has 0 amide bonds. The van der Waals surface area contributed by atoms with Crippen LogP contribution < -0.4 is 0 Å². The second-order valence-corrected chi connectivity index (χ2v) is 19.7. The van der Waals surface area contributed by atoms with Gasteiger partial charge in [0.1, 0.15) is 0 Å². The maximum atomic E-state index is 12.5. The molecule has 0 aliphatic carbocycles. The van der Waals surface area contributed by atoms with Gasteiger partial charge in [0.15, 0.2) is 8.32 Å². The Balaban J connectivity index is 5.20. The lowest BCUT2D eigenvalue weighted by Gasteiger charge is -2.37. The first-order chi connectivity index (χ1) is 18.6. The van der Waals surface area contributed by atoms with Gasteiger partial charge in [0, 0.05) is 17.9 Å². The van der Waals surface area contributed by atoms with Crippen LogP contribution in [0.25, 0.3) is 0 Å². The van der Waals surface area contributed by atoms with Crippen molar-refractivity contribution in [2.45, 2.75) is 144 Å². The summed E-state index contributed by atoms with van der Waals surface area (Å²) in [6.45, 7) is 27.9. The molecule has 0 spiro atoms. The molecule has 0 aromatic carbocycles. The third-order valence-electron chi connectivity index (χ3n) is 7.75. The minimum atomic E-state index is -1.81.